The zero-order valence-corrected chi connectivity index (χ0v) is 14.2. The van der Waals surface area contributed by atoms with Crippen molar-refractivity contribution in [3.05, 3.63) is 60.2 Å². The molecule has 0 bridgehead atoms. The van der Waals surface area contributed by atoms with Gasteiger partial charge in [0, 0.05) is 7.05 Å². The lowest BCUT2D eigenvalue weighted by atomic mass is 10.1. The van der Waals surface area contributed by atoms with Crippen molar-refractivity contribution >= 4 is 16.0 Å². The minimum absolute atomic E-state index is 0.0368. The van der Waals surface area contributed by atoms with Crippen LogP contribution in [-0.2, 0) is 21.2 Å². The zero-order chi connectivity index (χ0) is 17.7. The van der Waals surface area contributed by atoms with Crippen molar-refractivity contribution < 1.29 is 23.1 Å². The van der Waals surface area contributed by atoms with Gasteiger partial charge < -0.3 is 9.84 Å². The zero-order valence-electron chi connectivity index (χ0n) is 13.4. The summed E-state index contributed by atoms with van der Waals surface area (Å²) in [5.74, 6) is -0.620. The van der Waals surface area contributed by atoms with Crippen LogP contribution in [0.3, 0.4) is 0 Å². The molecule has 0 aliphatic rings. The summed E-state index contributed by atoms with van der Waals surface area (Å²) in [6.45, 7) is 0. The van der Waals surface area contributed by atoms with Gasteiger partial charge in [0.2, 0.25) is 10.0 Å². The molecule has 6 nitrogen and oxygen atoms in total. The third-order valence-corrected chi connectivity index (χ3v) is 5.59. The lowest BCUT2D eigenvalue weighted by Gasteiger charge is -2.24. The summed E-state index contributed by atoms with van der Waals surface area (Å²) in [4.78, 5) is 11.7. The van der Waals surface area contributed by atoms with E-state index in [0.29, 0.717) is 11.3 Å². The van der Waals surface area contributed by atoms with Crippen LogP contribution < -0.4 is 4.74 Å². The topological polar surface area (TPSA) is 83.9 Å². The van der Waals surface area contributed by atoms with Gasteiger partial charge >= 0.3 is 5.97 Å². The first-order valence-corrected chi connectivity index (χ1v) is 8.69. The molecule has 2 rings (SSSR count). The molecule has 0 amide bonds. The Morgan fingerprint density at radius 1 is 1.17 bits per heavy atom. The normalized spacial score (nSPS) is 12.8. The lowest BCUT2D eigenvalue weighted by molar-refractivity contribution is -0.141. The SMILES string of the molecule is COc1cccc(C[C@H](C(=O)O)N(C)S(=O)(=O)c2ccccc2)c1. The number of aliphatic carboxylic acids is 1. The highest BCUT2D eigenvalue weighted by Gasteiger charge is 2.32. The smallest absolute Gasteiger partial charge is 0.322 e. The Hall–Kier alpha value is -2.38. The molecule has 0 heterocycles. The number of likely N-dealkylation sites (N-methyl/N-ethyl adjacent to an activating group) is 1. The summed E-state index contributed by atoms with van der Waals surface area (Å²) in [6.07, 6.45) is 0.0368. The van der Waals surface area contributed by atoms with Crippen LogP contribution in [0.2, 0.25) is 0 Å². The van der Waals surface area contributed by atoms with Crippen LogP contribution in [0.15, 0.2) is 59.5 Å². The number of carboxylic acids is 1. The van der Waals surface area contributed by atoms with Crippen LogP contribution in [0.4, 0.5) is 0 Å². The van der Waals surface area contributed by atoms with E-state index in [2.05, 4.69) is 0 Å². The summed E-state index contributed by atoms with van der Waals surface area (Å²) in [5, 5.41) is 9.50. The van der Waals surface area contributed by atoms with Crippen LogP contribution in [0.25, 0.3) is 0 Å². The largest absolute Gasteiger partial charge is 0.497 e. The second-order valence-corrected chi connectivity index (χ2v) is 7.24. The van der Waals surface area contributed by atoms with Crippen LogP contribution in [0.1, 0.15) is 5.56 Å². The number of methoxy groups -OCH3 is 1. The Morgan fingerprint density at radius 3 is 2.42 bits per heavy atom. The Labute approximate surface area is 141 Å². The van der Waals surface area contributed by atoms with E-state index >= 15 is 0 Å². The summed E-state index contributed by atoms with van der Waals surface area (Å²) in [6, 6.07) is 13.5. The molecule has 0 unspecified atom stereocenters. The van der Waals surface area contributed by atoms with Crippen molar-refractivity contribution in [2.24, 2.45) is 0 Å². The van der Waals surface area contributed by atoms with E-state index in [4.69, 9.17) is 4.74 Å². The molecule has 0 spiro atoms. The van der Waals surface area contributed by atoms with Crippen molar-refractivity contribution in [1.82, 2.24) is 4.31 Å². The number of benzene rings is 2. The van der Waals surface area contributed by atoms with E-state index in [-0.39, 0.29) is 11.3 Å². The highest BCUT2D eigenvalue weighted by Crippen LogP contribution is 2.20. The molecule has 1 atom stereocenters. The van der Waals surface area contributed by atoms with Gasteiger partial charge in [-0.05, 0) is 36.2 Å². The highest BCUT2D eigenvalue weighted by atomic mass is 32.2. The van der Waals surface area contributed by atoms with E-state index in [9.17, 15) is 18.3 Å². The van der Waals surface area contributed by atoms with Gasteiger partial charge in [-0.25, -0.2) is 8.42 Å². The monoisotopic (exact) mass is 349 g/mol. The fourth-order valence-electron chi connectivity index (χ4n) is 2.32. The summed E-state index contributed by atoms with van der Waals surface area (Å²) in [7, 11) is -1.11. The molecule has 2 aromatic rings. The number of hydrogen-bond donors (Lipinski definition) is 1. The van der Waals surface area contributed by atoms with Crippen LogP contribution in [-0.4, -0.2) is 44.0 Å². The molecular formula is C17H19NO5S. The molecule has 0 aliphatic carbocycles. The van der Waals surface area contributed by atoms with Crippen molar-refractivity contribution in [2.75, 3.05) is 14.2 Å². The molecule has 0 aliphatic heterocycles. The maximum atomic E-state index is 12.6. The van der Waals surface area contributed by atoms with E-state index in [1.165, 1.54) is 26.3 Å². The van der Waals surface area contributed by atoms with Crippen molar-refractivity contribution in [3.8, 4) is 5.75 Å². The van der Waals surface area contributed by atoms with E-state index in [1.54, 1.807) is 42.5 Å². The third kappa shape index (κ3) is 3.93. The molecule has 1 N–H and O–H groups in total. The summed E-state index contributed by atoms with van der Waals surface area (Å²) >= 11 is 0. The number of ether oxygens (including phenoxy) is 1. The van der Waals surface area contributed by atoms with Crippen molar-refractivity contribution in [1.29, 1.82) is 0 Å². The first kappa shape index (κ1) is 18.0. The predicted molar refractivity (Wildman–Crippen MR) is 89.5 cm³/mol. The Morgan fingerprint density at radius 2 is 1.83 bits per heavy atom. The van der Waals surface area contributed by atoms with Crippen LogP contribution in [0, 0.1) is 0 Å². The molecule has 2 aromatic carbocycles. The van der Waals surface area contributed by atoms with Crippen molar-refractivity contribution in [2.45, 2.75) is 17.4 Å². The molecule has 0 fully saturated rings. The van der Waals surface area contributed by atoms with E-state index < -0.39 is 22.0 Å². The molecule has 0 saturated heterocycles. The van der Waals surface area contributed by atoms with Gasteiger partial charge in [-0.15, -0.1) is 0 Å². The molecule has 0 aromatic heterocycles. The maximum absolute atomic E-state index is 12.6. The van der Waals surface area contributed by atoms with Gasteiger partial charge in [-0.2, -0.15) is 4.31 Å². The van der Waals surface area contributed by atoms with Gasteiger partial charge in [0.05, 0.1) is 12.0 Å². The predicted octanol–water partition coefficient (Wildman–Crippen LogP) is 2.01. The third-order valence-electron chi connectivity index (χ3n) is 3.71. The quantitative estimate of drug-likeness (QED) is 0.827. The minimum atomic E-state index is -3.90. The molecule has 7 heteroatoms. The van der Waals surface area contributed by atoms with Gasteiger partial charge in [-0.1, -0.05) is 30.3 Å². The van der Waals surface area contributed by atoms with Crippen LogP contribution in [0.5, 0.6) is 5.75 Å². The standard InChI is InChI=1S/C17H19NO5S/c1-18(24(21,22)15-9-4-3-5-10-15)16(17(19)20)12-13-7-6-8-14(11-13)23-2/h3-11,16H,12H2,1-2H3,(H,19,20)/t16-/m1/s1. The minimum Gasteiger partial charge on any atom is -0.497 e. The lowest BCUT2D eigenvalue weighted by Crippen LogP contribution is -2.43. The van der Waals surface area contributed by atoms with Crippen LogP contribution >= 0.6 is 0 Å². The van der Waals surface area contributed by atoms with Gasteiger partial charge in [-0.3, -0.25) is 4.79 Å². The number of hydrogen-bond acceptors (Lipinski definition) is 4. The number of sulfonamides is 1. The number of carbonyl (C=O) groups is 1. The van der Waals surface area contributed by atoms with Gasteiger partial charge in [0.15, 0.2) is 0 Å². The average molecular weight is 349 g/mol. The van der Waals surface area contributed by atoms with E-state index in [1.807, 2.05) is 0 Å². The maximum Gasteiger partial charge on any atom is 0.322 e. The highest BCUT2D eigenvalue weighted by molar-refractivity contribution is 7.89. The molecule has 128 valence electrons. The first-order chi connectivity index (χ1) is 11.4. The molecule has 0 radical (unpaired) electrons. The summed E-state index contributed by atoms with van der Waals surface area (Å²) in [5.41, 5.74) is 0.678. The number of carboxylic acid groups (broad SMARTS) is 1. The molecular weight excluding hydrogens is 330 g/mol. The fourth-order valence-corrected chi connectivity index (χ4v) is 3.65. The number of rotatable bonds is 7. The average Bonchev–Trinajstić information content (AvgIpc) is 2.59. The molecule has 0 saturated carbocycles. The van der Waals surface area contributed by atoms with Crippen molar-refractivity contribution in [3.63, 3.8) is 0 Å². The van der Waals surface area contributed by atoms with Gasteiger partial charge in [0.25, 0.3) is 0 Å². The molecule has 24 heavy (non-hydrogen) atoms. The second-order valence-electron chi connectivity index (χ2n) is 5.24. The van der Waals surface area contributed by atoms with Gasteiger partial charge in [0.1, 0.15) is 11.8 Å². The Bertz CT molecular complexity index is 805. The second kappa shape index (κ2) is 7.46. The summed E-state index contributed by atoms with van der Waals surface area (Å²) < 4.78 is 31.3. The number of nitrogens with zero attached hydrogens (tertiary/aromatic N) is 1. The Balaban J connectivity index is 2.31. The Kier molecular flexibility index (Phi) is 5.58. The van der Waals surface area contributed by atoms with E-state index in [0.717, 1.165) is 4.31 Å². The first-order valence-electron chi connectivity index (χ1n) is 7.25. The fraction of sp³-hybridized carbons (Fsp3) is 0.235.